The van der Waals surface area contributed by atoms with Gasteiger partial charge in [0, 0.05) is 22.7 Å². The van der Waals surface area contributed by atoms with E-state index in [9.17, 15) is 14.9 Å². The van der Waals surface area contributed by atoms with Gasteiger partial charge in [-0.15, -0.1) is 0 Å². The Bertz CT molecular complexity index is 1360. The first kappa shape index (κ1) is 18.8. The zero-order valence-corrected chi connectivity index (χ0v) is 16.4. The Morgan fingerprint density at radius 1 is 1.24 bits per heavy atom. The number of benzene rings is 2. The molecular weight excluding hydrogens is 388 g/mol. The van der Waals surface area contributed by atoms with Gasteiger partial charge in [0.05, 0.1) is 16.6 Å². The summed E-state index contributed by atoms with van der Waals surface area (Å²) in [7, 11) is 0. The molecule has 0 aliphatic heterocycles. The summed E-state index contributed by atoms with van der Waals surface area (Å²) in [5.74, 6) is -0.228. The van der Waals surface area contributed by atoms with E-state index in [1.54, 1.807) is 31.2 Å². The minimum Gasteiger partial charge on any atom is -0.338 e. The van der Waals surface area contributed by atoms with Crippen molar-refractivity contribution in [2.75, 3.05) is 5.32 Å². The Morgan fingerprint density at radius 3 is 2.79 bits per heavy atom. The SMILES string of the molecule is Cc1c(CCC(=O)Nc2cccc(Cl)c2)c(=O)n2c([nH]c3ccccc32)c1C#N. The molecule has 2 aromatic carbocycles. The monoisotopic (exact) mass is 404 g/mol. The van der Waals surface area contributed by atoms with Crippen LogP contribution < -0.4 is 10.9 Å². The molecule has 0 spiro atoms. The summed E-state index contributed by atoms with van der Waals surface area (Å²) in [5.41, 5.74) is 3.80. The molecule has 0 aliphatic rings. The molecule has 0 aliphatic carbocycles. The summed E-state index contributed by atoms with van der Waals surface area (Å²) in [6.45, 7) is 1.75. The summed E-state index contributed by atoms with van der Waals surface area (Å²) in [5, 5.41) is 13.0. The molecule has 0 saturated carbocycles. The number of hydrogen-bond donors (Lipinski definition) is 2. The van der Waals surface area contributed by atoms with Gasteiger partial charge in [0.2, 0.25) is 5.91 Å². The third-order valence-corrected chi connectivity index (χ3v) is 5.20. The molecule has 0 saturated heterocycles. The molecule has 6 nitrogen and oxygen atoms in total. The van der Waals surface area contributed by atoms with Crippen LogP contribution in [-0.4, -0.2) is 15.3 Å². The van der Waals surface area contributed by atoms with E-state index in [0.29, 0.717) is 38.6 Å². The van der Waals surface area contributed by atoms with Gasteiger partial charge in [0.25, 0.3) is 5.56 Å². The number of para-hydroxylation sites is 2. The highest BCUT2D eigenvalue weighted by Gasteiger charge is 2.19. The fraction of sp³-hybridized carbons (Fsp3) is 0.136. The van der Waals surface area contributed by atoms with E-state index < -0.39 is 0 Å². The molecule has 29 heavy (non-hydrogen) atoms. The van der Waals surface area contributed by atoms with Crippen LogP contribution in [0, 0.1) is 18.3 Å². The lowest BCUT2D eigenvalue weighted by molar-refractivity contribution is -0.116. The van der Waals surface area contributed by atoms with Crippen LogP contribution in [-0.2, 0) is 11.2 Å². The smallest absolute Gasteiger partial charge is 0.260 e. The first-order valence-corrected chi connectivity index (χ1v) is 9.48. The first-order valence-electron chi connectivity index (χ1n) is 9.10. The number of hydrogen-bond acceptors (Lipinski definition) is 3. The highest BCUT2D eigenvalue weighted by molar-refractivity contribution is 6.30. The number of carbonyl (C=O) groups excluding carboxylic acids is 1. The van der Waals surface area contributed by atoms with E-state index in [0.717, 1.165) is 5.52 Å². The molecule has 0 bridgehead atoms. The Kier molecular flexibility index (Phi) is 4.83. The van der Waals surface area contributed by atoms with Crippen LogP contribution in [0.25, 0.3) is 16.7 Å². The minimum absolute atomic E-state index is 0.113. The number of halogens is 1. The average Bonchev–Trinajstić information content (AvgIpc) is 3.07. The molecule has 2 heterocycles. The molecule has 4 rings (SSSR count). The van der Waals surface area contributed by atoms with Crippen molar-refractivity contribution in [3.8, 4) is 6.07 Å². The third kappa shape index (κ3) is 3.37. The molecule has 0 atom stereocenters. The Morgan fingerprint density at radius 2 is 2.03 bits per heavy atom. The van der Waals surface area contributed by atoms with Crippen LogP contribution in [0.1, 0.15) is 23.1 Å². The molecule has 4 aromatic rings. The number of amides is 1. The van der Waals surface area contributed by atoms with Gasteiger partial charge < -0.3 is 10.3 Å². The molecule has 1 amide bonds. The summed E-state index contributed by atoms with van der Waals surface area (Å²) >= 11 is 5.94. The van der Waals surface area contributed by atoms with Crippen LogP contribution in [0.3, 0.4) is 0 Å². The third-order valence-electron chi connectivity index (χ3n) is 4.97. The quantitative estimate of drug-likeness (QED) is 0.534. The molecular formula is C22H17ClN4O2. The number of H-pyrrole nitrogens is 1. The van der Waals surface area contributed by atoms with Crippen molar-refractivity contribution in [3.63, 3.8) is 0 Å². The van der Waals surface area contributed by atoms with Crippen molar-refractivity contribution < 1.29 is 4.79 Å². The number of aromatic amines is 1. The molecule has 144 valence electrons. The first-order chi connectivity index (χ1) is 14.0. The predicted octanol–water partition coefficient (Wildman–Crippen LogP) is 4.19. The molecule has 0 unspecified atom stereocenters. The van der Waals surface area contributed by atoms with E-state index in [-0.39, 0.29) is 24.3 Å². The number of fused-ring (bicyclic) bond motifs is 3. The summed E-state index contributed by atoms with van der Waals surface area (Å²) in [6.07, 6.45) is 0.343. The second-order valence-corrected chi connectivity index (χ2v) is 7.22. The van der Waals surface area contributed by atoms with Crippen molar-refractivity contribution in [1.29, 1.82) is 5.26 Å². The molecule has 7 heteroatoms. The lowest BCUT2D eigenvalue weighted by Gasteiger charge is -2.10. The van der Waals surface area contributed by atoms with Crippen molar-refractivity contribution in [1.82, 2.24) is 9.38 Å². The number of anilines is 1. The Labute approximate surface area is 171 Å². The lowest BCUT2D eigenvalue weighted by Crippen LogP contribution is -2.23. The largest absolute Gasteiger partial charge is 0.338 e. The maximum absolute atomic E-state index is 13.2. The van der Waals surface area contributed by atoms with Crippen LogP contribution in [0.4, 0.5) is 5.69 Å². The van der Waals surface area contributed by atoms with Gasteiger partial charge in [-0.1, -0.05) is 29.8 Å². The number of carbonyl (C=O) groups is 1. The lowest BCUT2D eigenvalue weighted by atomic mass is 10.0. The van der Waals surface area contributed by atoms with E-state index in [1.807, 2.05) is 24.3 Å². The van der Waals surface area contributed by atoms with E-state index >= 15 is 0 Å². The molecule has 2 N–H and O–H groups in total. The second kappa shape index (κ2) is 7.46. The summed E-state index contributed by atoms with van der Waals surface area (Å²) < 4.78 is 1.52. The van der Waals surface area contributed by atoms with Crippen molar-refractivity contribution in [2.24, 2.45) is 0 Å². The van der Waals surface area contributed by atoms with Crippen LogP contribution in [0.2, 0.25) is 5.02 Å². The summed E-state index contributed by atoms with van der Waals surface area (Å²) in [6, 6.07) is 16.5. The van der Waals surface area contributed by atoms with Gasteiger partial charge in [-0.05, 0) is 49.2 Å². The standard InChI is InChI=1S/C22H17ClN4O2/c1-13-16(9-10-20(28)25-15-6-4-5-14(23)11-15)22(29)27-19-8-3-2-7-18(19)26-21(27)17(13)12-24/h2-8,11,26H,9-10H2,1H3,(H,25,28). The van der Waals surface area contributed by atoms with Gasteiger partial charge in [-0.25, -0.2) is 0 Å². The summed E-state index contributed by atoms with van der Waals surface area (Å²) in [4.78, 5) is 28.7. The molecule has 2 aromatic heterocycles. The van der Waals surface area contributed by atoms with Gasteiger partial charge in [-0.2, -0.15) is 5.26 Å². The van der Waals surface area contributed by atoms with Gasteiger partial charge in [0.15, 0.2) is 0 Å². The van der Waals surface area contributed by atoms with Gasteiger partial charge >= 0.3 is 0 Å². The number of imidazole rings is 1. The van der Waals surface area contributed by atoms with Crippen LogP contribution in [0.15, 0.2) is 53.3 Å². The van der Waals surface area contributed by atoms with Crippen molar-refractivity contribution >= 4 is 39.9 Å². The van der Waals surface area contributed by atoms with E-state index in [2.05, 4.69) is 16.4 Å². The van der Waals surface area contributed by atoms with Crippen LogP contribution in [0.5, 0.6) is 0 Å². The highest BCUT2D eigenvalue weighted by Crippen LogP contribution is 2.22. The molecule has 0 radical (unpaired) electrons. The number of rotatable bonds is 4. The van der Waals surface area contributed by atoms with Crippen LogP contribution >= 0.6 is 11.6 Å². The Hall–Kier alpha value is -3.56. The van der Waals surface area contributed by atoms with Gasteiger partial charge in [-0.3, -0.25) is 14.0 Å². The minimum atomic E-state index is -0.228. The number of nitrogens with one attached hydrogen (secondary N) is 2. The maximum Gasteiger partial charge on any atom is 0.260 e. The molecule has 0 fully saturated rings. The Balaban J connectivity index is 1.70. The van der Waals surface area contributed by atoms with Crippen molar-refractivity contribution in [2.45, 2.75) is 19.8 Å². The topological polar surface area (TPSA) is 90.2 Å². The normalized spacial score (nSPS) is 10.9. The predicted molar refractivity (Wildman–Crippen MR) is 113 cm³/mol. The number of nitriles is 1. The van der Waals surface area contributed by atoms with Gasteiger partial charge in [0.1, 0.15) is 11.7 Å². The van der Waals surface area contributed by atoms with Crippen molar-refractivity contribution in [3.05, 3.63) is 80.6 Å². The zero-order chi connectivity index (χ0) is 20.5. The number of pyridine rings is 1. The van der Waals surface area contributed by atoms with E-state index in [4.69, 9.17) is 11.6 Å². The highest BCUT2D eigenvalue weighted by atomic mass is 35.5. The fourth-order valence-electron chi connectivity index (χ4n) is 3.55. The maximum atomic E-state index is 13.2. The second-order valence-electron chi connectivity index (χ2n) is 6.78. The fourth-order valence-corrected chi connectivity index (χ4v) is 3.74. The number of nitrogens with zero attached hydrogens (tertiary/aromatic N) is 2. The number of aromatic nitrogens is 2. The zero-order valence-electron chi connectivity index (χ0n) is 15.6. The van der Waals surface area contributed by atoms with E-state index in [1.165, 1.54) is 4.40 Å². The average molecular weight is 405 g/mol.